The van der Waals surface area contributed by atoms with Crippen molar-refractivity contribution in [1.29, 1.82) is 0 Å². The number of hydrogen-bond donors (Lipinski definition) is 1. The number of anilines is 1. The van der Waals surface area contributed by atoms with Crippen molar-refractivity contribution < 1.29 is 9.53 Å². The van der Waals surface area contributed by atoms with Crippen LogP contribution in [0.1, 0.15) is 12.5 Å². The molecule has 1 aromatic carbocycles. The molecule has 1 aliphatic rings. The number of carbonyl (C=O) groups is 1. The minimum absolute atomic E-state index is 0.00212. The summed E-state index contributed by atoms with van der Waals surface area (Å²) in [4.78, 5) is 16.5. The van der Waals surface area contributed by atoms with Gasteiger partial charge in [0, 0.05) is 45.5 Å². The second-order valence-corrected chi connectivity index (χ2v) is 5.26. The lowest BCUT2D eigenvalue weighted by molar-refractivity contribution is 0.109. The van der Waals surface area contributed by atoms with Crippen LogP contribution in [-0.2, 0) is 11.2 Å². The highest BCUT2D eigenvalue weighted by atomic mass is 16.5. The van der Waals surface area contributed by atoms with E-state index in [9.17, 15) is 4.79 Å². The number of nitrogens with one attached hydrogen (secondary N) is 1. The van der Waals surface area contributed by atoms with Gasteiger partial charge in [-0.25, -0.2) is 4.79 Å². The second kappa shape index (κ2) is 8.00. The summed E-state index contributed by atoms with van der Waals surface area (Å²) in [6.45, 7) is 7.13. The van der Waals surface area contributed by atoms with Crippen LogP contribution in [0.25, 0.3) is 0 Å². The molecule has 1 N–H and O–H groups in total. The van der Waals surface area contributed by atoms with Gasteiger partial charge in [-0.1, -0.05) is 25.1 Å². The predicted molar refractivity (Wildman–Crippen MR) is 84.7 cm³/mol. The highest BCUT2D eigenvalue weighted by molar-refractivity contribution is 5.90. The predicted octanol–water partition coefficient (Wildman–Crippen LogP) is 2.04. The average molecular weight is 291 g/mol. The Morgan fingerprint density at radius 2 is 1.95 bits per heavy atom. The van der Waals surface area contributed by atoms with Gasteiger partial charge in [0.25, 0.3) is 0 Å². The molecule has 5 heteroatoms. The van der Waals surface area contributed by atoms with Gasteiger partial charge >= 0.3 is 6.03 Å². The third kappa shape index (κ3) is 4.44. The topological polar surface area (TPSA) is 44.8 Å². The van der Waals surface area contributed by atoms with Crippen molar-refractivity contribution >= 4 is 11.7 Å². The molecular formula is C16H25N3O2. The minimum Gasteiger partial charge on any atom is -0.383 e. The molecule has 2 rings (SSSR count). The maximum absolute atomic E-state index is 12.3. The van der Waals surface area contributed by atoms with Gasteiger partial charge < -0.3 is 15.0 Å². The molecule has 0 unspecified atom stereocenters. The number of carbonyl (C=O) groups excluding carboxylic acids is 1. The van der Waals surface area contributed by atoms with E-state index in [1.54, 1.807) is 7.11 Å². The first-order valence-electron chi connectivity index (χ1n) is 7.59. The number of ether oxygens (including phenoxy) is 1. The number of amides is 2. The standard InChI is InChI=1S/C16H25N3O2/c1-3-14-6-4-5-7-15(14)17-16(20)19-10-8-18(9-11-19)12-13-21-2/h4-7H,3,8-13H2,1-2H3,(H,17,20). The number of methoxy groups -OCH3 is 1. The molecule has 1 saturated heterocycles. The summed E-state index contributed by atoms with van der Waals surface area (Å²) >= 11 is 0. The number of benzene rings is 1. The average Bonchev–Trinajstić information content (AvgIpc) is 2.54. The highest BCUT2D eigenvalue weighted by Crippen LogP contribution is 2.16. The van der Waals surface area contributed by atoms with Crippen molar-refractivity contribution in [3.8, 4) is 0 Å². The van der Waals surface area contributed by atoms with Gasteiger partial charge in [-0.2, -0.15) is 0 Å². The fourth-order valence-corrected chi connectivity index (χ4v) is 2.54. The molecule has 116 valence electrons. The molecule has 2 amide bonds. The van der Waals surface area contributed by atoms with Crippen molar-refractivity contribution in [3.05, 3.63) is 29.8 Å². The van der Waals surface area contributed by atoms with Gasteiger partial charge in [-0.15, -0.1) is 0 Å². The van der Waals surface area contributed by atoms with Crippen LogP contribution in [0.3, 0.4) is 0 Å². The lowest BCUT2D eigenvalue weighted by Gasteiger charge is -2.34. The molecule has 0 radical (unpaired) electrons. The molecule has 1 heterocycles. The van der Waals surface area contributed by atoms with Crippen LogP contribution in [0.4, 0.5) is 10.5 Å². The van der Waals surface area contributed by atoms with E-state index in [1.165, 1.54) is 5.56 Å². The zero-order valence-electron chi connectivity index (χ0n) is 13.0. The zero-order valence-corrected chi connectivity index (χ0v) is 13.0. The van der Waals surface area contributed by atoms with Crippen LogP contribution in [0.15, 0.2) is 24.3 Å². The molecule has 1 aliphatic heterocycles. The van der Waals surface area contributed by atoms with E-state index in [0.29, 0.717) is 0 Å². The quantitative estimate of drug-likeness (QED) is 0.903. The summed E-state index contributed by atoms with van der Waals surface area (Å²) < 4.78 is 5.09. The Kier molecular flexibility index (Phi) is 6.02. The summed E-state index contributed by atoms with van der Waals surface area (Å²) in [6, 6.07) is 7.98. The Balaban J connectivity index is 1.85. The molecule has 0 aliphatic carbocycles. The fourth-order valence-electron chi connectivity index (χ4n) is 2.54. The van der Waals surface area contributed by atoms with Crippen LogP contribution < -0.4 is 5.32 Å². The maximum atomic E-state index is 12.3. The third-order valence-corrected chi connectivity index (χ3v) is 3.91. The van der Waals surface area contributed by atoms with E-state index in [-0.39, 0.29) is 6.03 Å². The van der Waals surface area contributed by atoms with Crippen LogP contribution in [-0.4, -0.2) is 62.3 Å². The zero-order chi connectivity index (χ0) is 15.1. The van der Waals surface area contributed by atoms with Crippen molar-refractivity contribution in [2.24, 2.45) is 0 Å². The van der Waals surface area contributed by atoms with Crippen LogP contribution in [0.2, 0.25) is 0 Å². The van der Waals surface area contributed by atoms with Crippen LogP contribution in [0, 0.1) is 0 Å². The Morgan fingerprint density at radius 1 is 1.24 bits per heavy atom. The number of piperazine rings is 1. The van der Waals surface area contributed by atoms with Crippen molar-refractivity contribution in [1.82, 2.24) is 9.80 Å². The maximum Gasteiger partial charge on any atom is 0.321 e. The Morgan fingerprint density at radius 3 is 2.62 bits per heavy atom. The number of urea groups is 1. The molecule has 0 bridgehead atoms. The van der Waals surface area contributed by atoms with Crippen molar-refractivity contribution in [2.75, 3.05) is 51.8 Å². The molecule has 1 fully saturated rings. The van der Waals surface area contributed by atoms with Gasteiger partial charge in [-0.05, 0) is 18.1 Å². The summed E-state index contributed by atoms with van der Waals surface area (Å²) in [5.41, 5.74) is 2.09. The van der Waals surface area contributed by atoms with Gasteiger partial charge in [0.15, 0.2) is 0 Å². The van der Waals surface area contributed by atoms with Gasteiger partial charge in [0.1, 0.15) is 0 Å². The monoisotopic (exact) mass is 291 g/mol. The van der Waals surface area contributed by atoms with Crippen molar-refractivity contribution in [3.63, 3.8) is 0 Å². The first-order chi connectivity index (χ1) is 10.2. The number of rotatable bonds is 5. The van der Waals surface area contributed by atoms with E-state index in [4.69, 9.17) is 4.74 Å². The lowest BCUT2D eigenvalue weighted by atomic mass is 10.1. The van der Waals surface area contributed by atoms with E-state index in [0.717, 1.165) is 51.4 Å². The summed E-state index contributed by atoms with van der Waals surface area (Å²) in [5, 5.41) is 3.03. The highest BCUT2D eigenvalue weighted by Gasteiger charge is 2.21. The Hall–Kier alpha value is -1.59. The third-order valence-electron chi connectivity index (χ3n) is 3.91. The molecule has 1 aromatic rings. The van der Waals surface area contributed by atoms with E-state index in [2.05, 4.69) is 23.2 Å². The Bertz CT molecular complexity index is 457. The number of para-hydroxylation sites is 1. The van der Waals surface area contributed by atoms with Crippen LogP contribution in [0.5, 0.6) is 0 Å². The molecule has 0 atom stereocenters. The minimum atomic E-state index is 0.00212. The van der Waals surface area contributed by atoms with Gasteiger partial charge in [-0.3, -0.25) is 4.90 Å². The molecule has 0 aromatic heterocycles. The molecule has 0 saturated carbocycles. The van der Waals surface area contributed by atoms with Crippen LogP contribution >= 0.6 is 0 Å². The normalized spacial score (nSPS) is 16.0. The van der Waals surface area contributed by atoms with Gasteiger partial charge in [0.05, 0.1) is 6.61 Å². The summed E-state index contributed by atoms with van der Waals surface area (Å²) in [5.74, 6) is 0. The van der Waals surface area contributed by atoms with E-state index < -0.39 is 0 Å². The van der Waals surface area contributed by atoms with Crippen molar-refractivity contribution in [2.45, 2.75) is 13.3 Å². The second-order valence-electron chi connectivity index (χ2n) is 5.26. The van der Waals surface area contributed by atoms with E-state index >= 15 is 0 Å². The molecular weight excluding hydrogens is 266 g/mol. The Labute approximate surface area is 126 Å². The number of hydrogen-bond acceptors (Lipinski definition) is 3. The summed E-state index contributed by atoms with van der Waals surface area (Å²) in [7, 11) is 1.72. The van der Waals surface area contributed by atoms with Gasteiger partial charge in [0.2, 0.25) is 0 Å². The van der Waals surface area contributed by atoms with E-state index in [1.807, 2.05) is 23.1 Å². The number of nitrogens with zero attached hydrogens (tertiary/aromatic N) is 2. The summed E-state index contributed by atoms with van der Waals surface area (Å²) in [6.07, 6.45) is 0.918. The number of aryl methyl sites for hydroxylation is 1. The first kappa shape index (κ1) is 15.8. The molecule has 0 spiro atoms. The first-order valence-corrected chi connectivity index (χ1v) is 7.59. The smallest absolute Gasteiger partial charge is 0.321 e. The SMILES string of the molecule is CCc1ccccc1NC(=O)N1CCN(CCOC)CC1. The molecule has 5 nitrogen and oxygen atoms in total. The lowest BCUT2D eigenvalue weighted by Crippen LogP contribution is -2.50. The fraction of sp³-hybridized carbons (Fsp3) is 0.562. The largest absolute Gasteiger partial charge is 0.383 e. The molecule has 21 heavy (non-hydrogen) atoms.